The fraction of sp³-hybridized carbons (Fsp3) is 0.211. The van der Waals surface area contributed by atoms with Crippen LogP contribution in [0.15, 0.2) is 72.8 Å². The van der Waals surface area contributed by atoms with Gasteiger partial charge in [-0.25, -0.2) is 0 Å². The molecule has 3 rings (SSSR count). The molecule has 0 bridgehead atoms. The Balaban J connectivity index is 2.10. The number of ether oxygens (including phenoxy) is 1. The van der Waals surface area contributed by atoms with Crippen molar-refractivity contribution < 1.29 is 14.4 Å². The second-order valence-electron chi connectivity index (χ2n) is 5.31. The highest BCUT2D eigenvalue weighted by molar-refractivity contribution is 5.51. The number of aliphatic hydroxyl groups excluding tert-OH is 1. The summed E-state index contributed by atoms with van der Waals surface area (Å²) in [7, 11) is 0. The van der Waals surface area contributed by atoms with Crippen molar-refractivity contribution in [2.75, 3.05) is 0 Å². The molecule has 2 aromatic carbocycles. The molecule has 0 aromatic heterocycles. The maximum Gasteiger partial charge on any atom is 0.344 e. The summed E-state index contributed by atoms with van der Waals surface area (Å²) in [5, 5.41) is 9.98. The van der Waals surface area contributed by atoms with Crippen molar-refractivity contribution in [2.45, 2.75) is 25.5 Å². The zero-order chi connectivity index (χ0) is 15.4. The van der Waals surface area contributed by atoms with Crippen LogP contribution in [-0.2, 0) is 4.74 Å². The van der Waals surface area contributed by atoms with Gasteiger partial charge >= 0.3 is 5.95 Å². The number of hydrogen-bond donors (Lipinski definition) is 1. The summed E-state index contributed by atoms with van der Waals surface area (Å²) in [5.74, 6) is -0.0502. The molecule has 3 nitrogen and oxygen atoms in total. The molecule has 1 heterocycles. The summed E-state index contributed by atoms with van der Waals surface area (Å²) in [5.41, 5.74) is 2.20. The molecule has 1 aliphatic heterocycles. The van der Waals surface area contributed by atoms with Gasteiger partial charge in [0.1, 0.15) is 6.21 Å². The third-order valence-electron chi connectivity index (χ3n) is 3.78. The van der Waals surface area contributed by atoms with Gasteiger partial charge in [-0.1, -0.05) is 67.6 Å². The molecular formula is C19H20NO2+. The smallest absolute Gasteiger partial charge is 0.344 e. The molecule has 0 aliphatic carbocycles. The van der Waals surface area contributed by atoms with Crippen LogP contribution in [-0.4, -0.2) is 15.9 Å². The minimum atomic E-state index is -0.253. The number of aliphatic hydroxyl groups is 1. The van der Waals surface area contributed by atoms with Gasteiger partial charge in [0.25, 0.3) is 0 Å². The van der Waals surface area contributed by atoms with E-state index in [1.165, 1.54) is 0 Å². The Morgan fingerprint density at radius 2 is 1.59 bits per heavy atom. The molecule has 0 saturated heterocycles. The van der Waals surface area contributed by atoms with Crippen molar-refractivity contribution in [3.8, 4) is 0 Å². The summed E-state index contributed by atoms with van der Waals surface area (Å²) in [6, 6.07) is 20.3. The Labute approximate surface area is 130 Å². The molecule has 22 heavy (non-hydrogen) atoms. The van der Waals surface area contributed by atoms with E-state index in [4.69, 9.17) is 4.74 Å². The lowest BCUT2D eigenvalue weighted by Crippen LogP contribution is -2.28. The molecule has 0 radical (unpaired) electrons. The first kappa shape index (κ1) is 14.4. The van der Waals surface area contributed by atoms with Crippen LogP contribution in [0.25, 0.3) is 0 Å². The van der Waals surface area contributed by atoms with E-state index >= 15 is 0 Å². The number of hydrogen-bond acceptors (Lipinski definition) is 2. The van der Waals surface area contributed by atoms with E-state index in [1.54, 1.807) is 6.20 Å². The van der Waals surface area contributed by atoms with E-state index in [1.807, 2.05) is 53.1 Å². The predicted molar refractivity (Wildman–Crippen MR) is 86.8 cm³/mol. The second-order valence-corrected chi connectivity index (χ2v) is 5.31. The van der Waals surface area contributed by atoms with Gasteiger partial charge in [0, 0.05) is 12.0 Å². The summed E-state index contributed by atoms with van der Waals surface area (Å²) in [6.07, 6.45) is 4.36. The molecule has 1 aliphatic rings. The normalized spacial score (nSPS) is 23.0. The van der Waals surface area contributed by atoms with Crippen LogP contribution in [0.2, 0.25) is 0 Å². The Kier molecular flexibility index (Phi) is 4.24. The summed E-state index contributed by atoms with van der Waals surface area (Å²) in [6.45, 7) is 2.08. The zero-order valence-corrected chi connectivity index (χ0v) is 12.6. The highest BCUT2D eigenvalue weighted by Gasteiger charge is 2.39. The minimum absolute atomic E-state index is 0.000509. The topological polar surface area (TPSA) is 32.5 Å². The molecule has 1 N–H and O–H groups in total. The minimum Gasteiger partial charge on any atom is -0.477 e. The van der Waals surface area contributed by atoms with Gasteiger partial charge < -0.3 is 9.84 Å². The van der Waals surface area contributed by atoms with E-state index in [9.17, 15) is 5.11 Å². The Morgan fingerprint density at radius 3 is 2.18 bits per heavy atom. The van der Waals surface area contributed by atoms with E-state index in [0.717, 1.165) is 17.5 Å². The quantitative estimate of drug-likeness (QED) is 0.854. The largest absolute Gasteiger partial charge is 0.477 e. The number of benzene rings is 2. The van der Waals surface area contributed by atoms with Crippen LogP contribution in [0.5, 0.6) is 0 Å². The zero-order valence-electron chi connectivity index (χ0n) is 12.6. The Bertz CT molecular complexity index is 677. The summed E-state index contributed by atoms with van der Waals surface area (Å²) < 4.78 is 7.82. The molecule has 112 valence electrons. The Morgan fingerprint density at radius 1 is 1.00 bits per heavy atom. The lowest BCUT2D eigenvalue weighted by Gasteiger charge is -2.28. The number of rotatable bonds is 3. The van der Waals surface area contributed by atoms with Crippen molar-refractivity contribution >= 4 is 6.21 Å². The van der Waals surface area contributed by atoms with Gasteiger partial charge in [-0.05, 0) is 5.56 Å². The van der Waals surface area contributed by atoms with Gasteiger partial charge in [0.2, 0.25) is 12.2 Å². The fourth-order valence-electron chi connectivity index (χ4n) is 2.86. The first-order valence-electron chi connectivity index (χ1n) is 7.57. The average molecular weight is 294 g/mol. The Hall–Kier alpha value is -2.55. The molecule has 0 amide bonds. The van der Waals surface area contributed by atoms with Crippen molar-refractivity contribution in [1.29, 1.82) is 0 Å². The fourth-order valence-corrected chi connectivity index (χ4v) is 2.86. The van der Waals surface area contributed by atoms with Crippen LogP contribution in [0, 0.1) is 0 Å². The van der Waals surface area contributed by atoms with Gasteiger partial charge in [-0.3, -0.25) is 0 Å². The van der Waals surface area contributed by atoms with E-state index in [2.05, 4.69) is 25.3 Å². The molecule has 0 fully saturated rings. The van der Waals surface area contributed by atoms with E-state index < -0.39 is 0 Å². The van der Waals surface area contributed by atoms with Crippen LogP contribution in [0.1, 0.15) is 36.6 Å². The van der Waals surface area contributed by atoms with Crippen LogP contribution < -0.4 is 0 Å². The van der Waals surface area contributed by atoms with E-state index in [0.29, 0.717) is 0 Å². The molecule has 0 unspecified atom stereocenters. The van der Waals surface area contributed by atoms with Gasteiger partial charge in [0.15, 0.2) is 6.10 Å². The second kappa shape index (κ2) is 6.48. The molecular weight excluding hydrogens is 274 g/mol. The van der Waals surface area contributed by atoms with Gasteiger partial charge in [-0.2, -0.15) is 4.58 Å². The predicted octanol–water partition coefficient (Wildman–Crippen LogP) is 4.35. The molecule has 3 heteroatoms. The van der Waals surface area contributed by atoms with Gasteiger partial charge in [-0.15, -0.1) is 0 Å². The third kappa shape index (κ3) is 2.89. The maximum atomic E-state index is 9.98. The first-order chi connectivity index (χ1) is 10.8. The van der Waals surface area contributed by atoms with Crippen LogP contribution in [0.3, 0.4) is 0 Å². The average Bonchev–Trinajstić information content (AvgIpc) is 2.56. The van der Waals surface area contributed by atoms with Crippen molar-refractivity contribution in [1.82, 2.24) is 0 Å². The highest BCUT2D eigenvalue weighted by Crippen LogP contribution is 2.39. The maximum absolute atomic E-state index is 9.98. The van der Waals surface area contributed by atoms with Crippen LogP contribution in [0.4, 0.5) is 0 Å². The summed E-state index contributed by atoms with van der Waals surface area (Å²) >= 11 is 0. The molecule has 2 aromatic rings. The SMILES string of the molecule is CCC=[N+]1C=C(O)O[C@H](c2ccccc2)[C@@H]1c1ccccc1. The van der Waals surface area contributed by atoms with Crippen molar-refractivity contribution in [3.63, 3.8) is 0 Å². The number of nitrogens with zero attached hydrogens (tertiary/aromatic N) is 1. The first-order valence-corrected chi connectivity index (χ1v) is 7.57. The third-order valence-corrected chi connectivity index (χ3v) is 3.78. The monoisotopic (exact) mass is 294 g/mol. The highest BCUT2D eigenvalue weighted by atomic mass is 16.6. The van der Waals surface area contributed by atoms with Crippen molar-refractivity contribution in [2.24, 2.45) is 0 Å². The standard InChI is InChI=1S/C19H19NO2/c1-2-13-20-14-17(21)22-19(16-11-7-4-8-12-16)18(20)15-9-5-3-6-10-15/h3-14,18-19H,2H2,1H3/p+1/t18-,19+/m0/s1. The lowest BCUT2D eigenvalue weighted by atomic mass is 9.94. The van der Waals surface area contributed by atoms with Gasteiger partial charge in [0.05, 0.1) is 0 Å². The van der Waals surface area contributed by atoms with Crippen molar-refractivity contribution in [3.05, 3.63) is 83.9 Å². The summed E-state index contributed by atoms with van der Waals surface area (Å²) in [4.78, 5) is 0. The molecule has 2 atom stereocenters. The molecule has 0 saturated carbocycles. The molecule has 0 spiro atoms. The lowest BCUT2D eigenvalue weighted by molar-refractivity contribution is -0.535. The van der Waals surface area contributed by atoms with Crippen LogP contribution >= 0.6 is 0 Å². The van der Waals surface area contributed by atoms with E-state index in [-0.39, 0.29) is 18.1 Å².